The van der Waals surface area contributed by atoms with Crippen LogP contribution in [0.1, 0.15) is 0 Å². The molecule has 0 aliphatic heterocycles. The molecule has 3 aromatic rings. The quantitative estimate of drug-likeness (QED) is 0.373. The van der Waals surface area contributed by atoms with Crippen LogP contribution in [0.4, 0.5) is 0 Å². The SMILES string of the molecule is [LiH].c1ccc2cc3ccccc3cc2c1. The largest absolute Gasteiger partial charge is 0.0616 e. The Balaban J connectivity index is 0.000000853. The molecule has 15 heavy (non-hydrogen) atoms. The van der Waals surface area contributed by atoms with E-state index in [0.29, 0.717) is 0 Å². The number of benzene rings is 3. The number of hydrogen-bond acceptors (Lipinski definition) is 0. The minimum absolute atomic E-state index is 0. The Labute approximate surface area is 101 Å². The molecule has 68 valence electrons. The zero-order valence-electron chi connectivity index (χ0n) is 7.77. The average Bonchev–Trinajstić information content (AvgIpc) is 2.26. The molecule has 0 atom stereocenters. The van der Waals surface area contributed by atoms with Crippen molar-refractivity contribution in [3.63, 3.8) is 0 Å². The van der Waals surface area contributed by atoms with Crippen molar-refractivity contribution >= 4 is 40.4 Å². The van der Waals surface area contributed by atoms with Crippen molar-refractivity contribution in [2.24, 2.45) is 0 Å². The summed E-state index contributed by atoms with van der Waals surface area (Å²) in [7, 11) is 0. The van der Waals surface area contributed by atoms with Gasteiger partial charge in [0, 0.05) is 0 Å². The standard InChI is InChI=1S/C14H10.Li.H/c1-2-6-12-10-14-8-4-3-7-13(14)9-11(12)5-1;;/h1-10H;;. The molecule has 0 unspecified atom stereocenters. The molecule has 0 saturated heterocycles. The topological polar surface area (TPSA) is 0 Å². The minimum atomic E-state index is 0. The molecule has 0 fully saturated rings. The molecule has 0 saturated carbocycles. The molecule has 3 aromatic carbocycles. The van der Waals surface area contributed by atoms with Crippen molar-refractivity contribution in [2.45, 2.75) is 0 Å². The van der Waals surface area contributed by atoms with Crippen LogP contribution >= 0.6 is 0 Å². The molecule has 0 aromatic heterocycles. The molecule has 3 rings (SSSR count). The van der Waals surface area contributed by atoms with E-state index in [1.165, 1.54) is 21.5 Å². The van der Waals surface area contributed by atoms with E-state index < -0.39 is 0 Å². The van der Waals surface area contributed by atoms with E-state index in [1.807, 2.05) is 0 Å². The normalized spacial score (nSPS) is 10.1. The van der Waals surface area contributed by atoms with Crippen LogP contribution in [0, 0.1) is 0 Å². The summed E-state index contributed by atoms with van der Waals surface area (Å²) in [5.41, 5.74) is 0. The number of rotatable bonds is 0. The van der Waals surface area contributed by atoms with Gasteiger partial charge >= 0.3 is 18.9 Å². The van der Waals surface area contributed by atoms with Gasteiger partial charge in [0.05, 0.1) is 0 Å². The Morgan fingerprint density at radius 2 is 0.733 bits per heavy atom. The molecule has 0 heterocycles. The van der Waals surface area contributed by atoms with Crippen molar-refractivity contribution in [3.8, 4) is 0 Å². The van der Waals surface area contributed by atoms with Gasteiger partial charge in [0.15, 0.2) is 0 Å². The molecule has 0 N–H and O–H groups in total. The third-order valence-electron chi connectivity index (χ3n) is 2.61. The third kappa shape index (κ3) is 1.79. The smallest absolute Gasteiger partial charge is 0.0178 e. The fraction of sp³-hybridized carbons (Fsp3) is 0. The molecule has 0 spiro atoms. The zero-order chi connectivity index (χ0) is 9.38. The Hall–Kier alpha value is -1.22. The summed E-state index contributed by atoms with van der Waals surface area (Å²) in [4.78, 5) is 0. The molecule has 1 heteroatoms. The average molecular weight is 186 g/mol. The maximum atomic E-state index is 2.24. The first-order valence-electron chi connectivity index (χ1n) is 4.81. The van der Waals surface area contributed by atoms with Crippen molar-refractivity contribution in [1.29, 1.82) is 0 Å². The summed E-state index contributed by atoms with van der Waals surface area (Å²) in [6.45, 7) is 0. The second kappa shape index (κ2) is 4.11. The van der Waals surface area contributed by atoms with Crippen LogP contribution < -0.4 is 0 Å². The molecule has 0 amide bonds. The summed E-state index contributed by atoms with van der Waals surface area (Å²) < 4.78 is 0. The van der Waals surface area contributed by atoms with E-state index in [-0.39, 0.29) is 18.9 Å². The van der Waals surface area contributed by atoms with E-state index in [4.69, 9.17) is 0 Å². The molecule has 0 radical (unpaired) electrons. The van der Waals surface area contributed by atoms with Gasteiger partial charge in [0.2, 0.25) is 0 Å². The van der Waals surface area contributed by atoms with Crippen LogP contribution in [0.2, 0.25) is 0 Å². The van der Waals surface area contributed by atoms with Crippen molar-refractivity contribution in [3.05, 3.63) is 60.7 Å². The first kappa shape index (κ1) is 10.3. The van der Waals surface area contributed by atoms with Crippen LogP contribution in [0.3, 0.4) is 0 Å². The van der Waals surface area contributed by atoms with E-state index in [1.54, 1.807) is 0 Å². The predicted octanol–water partition coefficient (Wildman–Crippen LogP) is 3.34. The van der Waals surface area contributed by atoms with Gasteiger partial charge in [-0.15, -0.1) is 0 Å². The Bertz CT molecular complexity index is 494. The van der Waals surface area contributed by atoms with Crippen LogP contribution in [0.15, 0.2) is 60.7 Å². The summed E-state index contributed by atoms with van der Waals surface area (Å²) in [6, 6.07) is 21.4. The monoisotopic (exact) mass is 186 g/mol. The van der Waals surface area contributed by atoms with Gasteiger partial charge < -0.3 is 0 Å². The number of fused-ring (bicyclic) bond motifs is 2. The Kier molecular flexibility index (Phi) is 2.82. The summed E-state index contributed by atoms with van der Waals surface area (Å²) in [5, 5.41) is 5.25. The van der Waals surface area contributed by atoms with Gasteiger partial charge in [-0.2, -0.15) is 0 Å². The molecular formula is C14H11Li. The third-order valence-corrected chi connectivity index (χ3v) is 2.61. The minimum Gasteiger partial charge on any atom is -0.0616 e. The van der Waals surface area contributed by atoms with Gasteiger partial charge in [-0.05, 0) is 33.7 Å². The second-order valence-electron chi connectivity index (χ2n) is 3.55. The summed E-state index contributed by atoms with van der Waals surface area (Å²) in [6.07, 6.45) is 0. The summed E-state index contributed by atoms with van der Waals surface area (Å²) >= 11 is 0. The molecule has 0 nitrogen and oxygen atoms in total. The fourth-order valence-electron chi connectivity index (χ4n) is 1.88. The van der Waals surface area contributed by atoms with Gasteiger partial charge in [-0.1, -0.05) is 48.5 Å². The zero-order valence-corrected chi connectivity index (χ0v) is 7.77. The van der Waals surface area contributed by atoms with E-state index in [0.717, 1.165) is 0 Å². The van der Waals surface area contributed by atoms with Gasteiger partial charge in [-0.3, -0.25) is 0 Å². The maximum absolute atomic E-state index is 2.24. The Morgan fingerprint density at radius 1 is 0.467 bits per heavy atom. The number of hydrogen-bond donors (Lipinski definition) is 0. The van der Waals surface area contributed by atoms with Crippen LogP contribution in [0.25, 0.3) is 21.5 Å². The van der Waals surface area contributed by atoms with Crippen LogP contribution in [0.5, 0.6) is 0 Å². The molecule has 0 bridgehead atoms. The van der Waals surface area contributed by atoms with Gasteiger partial charge in [0.1, 0.15) is 0 Å². The van der Waals surface area contributed by atoms with E-state index >= 15 is 0 Å². The predicted molar refractivity (Wildman–Crippen MR) is 68.6 cm³/mol. The molecule has 0 aliphatic rings. The summed E-state index contributed by atoms with van der Waals surface area (Å²) in [5.74, 6) is 0. The van der Waals surface area contributed by atoms with Crippen LogP contribution in [-0.4, -0.2) is 18.9 Å². The van der Waals surface area contributed by atoms with Crippen molar-refractivity contribution in [1.82, 2.24) is 0 Å². The van der Waals surface area contributed by atoms with Crippen LogP contribution in [-0.2, 0) is 0 Å². The second-order valence-corrected chi connectivity index (χ2v) is 3.55. The van der Waals surface area contributed by atoms with Crippen molar-refractivity contribution < 1.29 is 0 Å². The first-order valence-corrected chi connectivity index (χ1v) is 4.81. The molecule has 0 aliphatic carbocycles. The molecular weight excluding hydrogens is 175 g/mol. The van der Waals surface area contributed by atoms with E-state index in [9.17, 15) is 0 Å². The maximum Gasteiger partial charge on any atom is -0.0178 e. The fourth-order valence-corrected chi connectivity index (χ4v) is 1.88. The van der Waals surface area contributed by atoms with Gasteiger partial charge in [0.25, 0.3) is 0 Å². The Morgan fingerprint density at radius 3 is 1.00 bits per heavy atom. The first-order chi connectivity index (χ1) is 6.93. The van der Waals surface area contributed by atoms with E-state index in [2.05, 4.69) is 60.7 Å². The van der Waals surface area contributed by atoms with Crippen molar-refractivity contribution in [2.75, 3.05) is 0 Å². The van der Waals surface area contributed by atoms with Gasteiger partial charge in [-0.25, -0.2) is 0 Å².